The molecule has 0 saturated carbocycles. The van der Waals surface area contributed by atoms with E-state index in [4.69, 9.17) is 5.11 Å². The molecule has 0 aromatic heterocycles. The van der Waals surface area contributed by atoms with Crippen LogP contribution >= 0.6 is 11.8 Å². The van der Waals surface area contributed by atoms with Crippen molar-refractivity contribution in [2.45, 2.75) is 22.4 Å². The van der Waals surface area contributed by atoms with Crippen molar-refractivity contribution in [2.75, 3.05) is 0 Å². The van der Waals surface area contributed by atoms with Crippen LogP contribution in [-0.2, 0) is 17.4 Å². The SMILES string of the molecule is O=C(O)Cc1ccc(Sc2ccc(O)cc2C(F)(F)F)cc1. The molecule has 0 radical (unpaired) electrons. The van der Waals surface area contributed by atoms with Crippen LogP contribution in [0.25, 0.3) is 0 Å². The quantitative estimate of drug-likeness (QED) is 0.883. The van der Waals surface area contributed by atoms with Crippen molar-refractivity contribution in [1.29, 1.82) is 0 Å². The van der Waals surface area contributed by atoms with Gasteiger partial charge in [0.1, 0.15) is 5.75 Å². The fraction of sp³-hybridized carbons (Fsp3) is 0.133. The number of carboxylic acids is 1. The zero-order valence-corrected chi connectivity index (χ0v) is 11.9. The molecule has 2 aromatic rings. The average molecular weight is 328 g/mol. The van der Waals surface area contributed by atoms with Gasteiger partial charge in [-0.25, -0.2) is 0 Å². The van der Waals surface area contributed by atoms with Gasteiger partial charge in [0, 0.05) is 9.79 Å². The monoisotopic (exact) mass is 328 g/mol. The van der Waals surface area contributed by atoms with Crippen molar-refractivity contribution in [1.82, 2.24) is 0 Å². The third-order valence-electron chi connectivity index (χ3n) is 2.78. The van der Waals surface area contributed by atoms with Gasteiger partial charge in [-0.15, -0.1) is 0 Å². The Morgan fingerprint density at radius 1 is 1.09 bits per heavy atom. The summed E-state index contributed by atoms with van der Waals surface area (Å²) in [5.41, 5.74) is -0.342. The number of hydrogen-bond acceptors (Lipinski definition) is 3. The Labute approximate surface area is 128 Å². The van der Waals surface area contributed by atoms with Crippen LogP contribution in [0.4, 0.5) is 13.2 Å². The summed E-state index contributed by atoms with van der Waals surface area (Å²) in [5.74, 6) is -1.42. The number of carbonyl (C=O) groups is 1. The topological polar surface area (TPSA) is 57.5 Å². The normalized spacial score (nSPS) is 11.4. The van der Waals surface area contributed by atoms with Crippen LogP contribution in [0.15, 0.2) is 52.3 Å². The number of hydrogen-bond donors (Lipinski definition) is 2. The number of alkyl halides is 3. The number of rotatable bonds is 4. The van der Waals surface area contributed by atoms with Gasteiger partial charge in [0.15, 0.2) is 0 Å². The fourth-order valence-electron chi connectivity index (χ4n) is 1.81. The second kappa shape index (κ2) is 6.31. The number of aliphatic carboxylic acids is 1. The van der Waals surface area contributed by atoms with E-state index in [-0.39, 0.29) is 11.3 Å². The lowest BCUT2D eigenvalue weighted by molar-refractivity contribution is -0.140. The number of phenolic OH excluding ortho intramolecular Hbond substituents is 1. The lowest BCUT2D eigenvalue weighted by atomic mass is 10.2. The second-order valence-electron chi connectivity index (χ2n) is 4.49. The summed E-state index contributed by atoms with van der Waals surface area (Å²) in [6.07, 6.45) is -4.71. The highest BCUT2D eigenvalue weighted by Crippen LogP contribution is 2.41. The molecular formula is C15H11F3O3S. The van der Waals surface area contributed by atoms with Crippen LogP contribution in [0.2, 0.25) is 0 Å². The summed E-state index contributed by atoms with van der Waals surface area (Å²) < 4.78 is 38.8. The number of carboxylic acid groups (broad SMARTS) is 1. The first-order chi connectivity index (χ1) is 10.3. The Morgan fingerprint density at radius 2 is 1.73 bits per heavy atom. The molecular weight excluding hydrogens is 317 g/mol. The van der Waals surface area contributed by atoms with Crippen LogP contribution in [0.5, 0.6) is 5.75 Å². The van der Waals surface area contributed by atoms with Gasteiger partial charge in [-0.2, -0.15) is 13.2 Å². The zero-order valence-electron chi connectivity index (χ0n) is 11.1. The smallest absolute Gasteiger partial charge is 0.417 e. The lowest BCUT2D eigenvalue weighted by Crippen LogP contribution is -2.06. The highest BCUT2D eigenvalue weighted by Gasteiger charge is 2.34. The van der Waals surface area contributed by atoms with Crippen molar-refractivity contribution in [3.63, 3.8) is 0 Å². The van der Waals surface area contributed by atoms with E-state index in [1.165, 1.54) is 12.1 Å². The minimum Gasteiger partial charge on any atom is -0.508 e. The fourth-order valence-corrected chi connectivity index (χ4v) is 2.75. The summed E-state index contributed by atoms with van der Waals surface area (Å²) >= 11 is 0.899. The van der Waals surface area contributed by atoms with Gasteiger partial charge < -0.3 is 10.2 Å². The Hall–Kier alpha value is -2.15. The van der Waals surface area contributed by atoms with Crippen molar-refractivity contribution < 1.29 is 28.2 Å². The first kappa shape index (κ1) is 16.2. The van der Waals surface area contributed by atoms with Gasteiger partial charge in [0.05, 0.1) is 12.0 Å². The van der Waals surface area contributed by atoms with Crippen molar-refractivity contribution in [2.24, 2.45) is 0 Å². The number of benzene rings is 2. The lowest BCUT2D eigenvalue weighted by Gasteiger charge is -2.13. The predicted octanol–water partition coefficient (Wildman–Crippen LogP) is 4.19. The first-order valence-electron chi connectivity index (χ1n) is 6.14. The highest BCUT2D eigenvalue weighted by molar-refractivity contribution is 7.99. The summed E-state index contributed by atoms with van der Waals surface area (Å²) in [4.78, 5) is 11.1. The van der Waals surface area contributed by atoms with Gasteiger partial charge in [-0.3, -0.25) is 4.79 Å². The molecule has 116 valence electrons. The Morgan fingerprint density at radius 3 is 2.27 bits per heavy atom. The van der Waals surface area contributed by atoms with Crippen LogP contribution < -0.4 is 0 Å². The highest BCUT2D eigenvalue weighted by atomic mass is 32.2. The summed E-state index contributed by atoms with van der Waals surface area (Å²) in [6.45, 7) is 0. The van der Waals surface area contributed by atoms with E-state index in [1.807, 2.05) is 0 Å². The minimum atomic E-state index is -4.57. The first-order valence-corrected chi connectivity index (χ1v) is 6.96. The standard InChI is InChI=1S/C15H11F3O3S/c16-15(17,18)12-8-10(19)3-6-13(12)22-11-4-1-9(2-5-11)7-14(20)21/h1-6,8,19H,7H2,(H,20,21). The van der Waals surface area contributed by atoms with E-state index in [1.54, 1.807) is 24.3 Å². The Kier molecular flexibility index (Phi) is 4.65. The zero-order chi connectivity index (χ0) is 16.3. The van der Waals surface area contributed by atoms with E-state index in [9.17, 15) is 23.1 Å². The second-order valence-corrected chi connectivity index (χ2v) is 5.61. The molecule has 3 nitrogen and oxygen atoms in total. The van der Waals surface area contributed by atoms with E-state index < -0.39 is 23.5 Å². The molecule has 2 N–H and O–H groups in total. The van der Waals surface area contributed by atoms with E-state index in [2.05, 4.69) is 0 Å². The largest absolute Gasteiger partial charge is 0.508 e. The third kappa shape index (κ3) is 4.17. The maximum Gasteiger partial charge on any atom is 0.417 e. The maximum atomic E-state index is 12.9. The van der Waals surface area contributed by atoms with E-state index in [0.717, 1.165) is 11.8 Å². The van der Waals surface area contributed by atoms with Crippen LogP contribution in [0.3, 0.4) is 0 Å². The van der Waals surface area contributed by atoms with Gasteiger partial charge in [0.25, 0.3) is 0 Å². The molecule has 0 fully saturated rings. The number of phenols is 1. The van der Waals surface area contributed by atoms with Gasteiger partial charge in [-0.1, -0.05) is 23.9 Å². The van der Waals surface area contributed by atoms with Crippen molar-refractivity contribution in [3.8, 4) is 5.75 Å². The molecule has 0 spiro atoms. The van der Waals surface area contributed by atoms with Crippen molar-refractivity contribution in [3.05, 3.63) is 53.6 Å². The Balaban J connectivity index is 2.25. The van der Waals surface area contributed by atoms with Crippen LogP contribution in [0.1, 0.15) is 11.1 Å². The van der Waals surface area contributed by atoms with Crippen LogP contribution in [0, 0.1) is 0 Å². The molecule has 0 saturated heterocycles. The van der Waals surface area contributed by atoms with Crippen molar-refractivity contribution >= 4 is 17.7 Å². The molecule has 0 atom stereocenters. The molecule has 22 heavy (non-hydrogen) atoms. The Bertz CT molecular complexity index is 681. The van der Waals surface area contributed by atoms with E-state index >= 15 is 0 Å². The summed E-state index contributed by atoms with van der Waals surface area (Å²) in [7, 11) is 0. The van der Waals surface area contributed by atoms with E-state index in [0.29, 0.717) is 16.5 Å². The number of aromatic hydroxyl groups is 1. The molecule has 2 rings (SSSR count). The molecule has 0 bridgehead atoms. The summed E-state index contributed by atoms with van der Waals surface area (Å²) in [6, 6.07) is 9.33. The average Bonchev–Trinajstić information content (AvgIpc) is 2.41. The molecule has 2 aromatic carbocycles. The molecule has 0 aliphatic carbocycles. The van der Waals surface area contributed by atoms with Crippen LogP contribution in [-0.4, -0.2) is 16.2 Å². The molecule has 0 aliphatic rings. The van der Waals surface area contributed by atoms with Gasteiger partial charge in [0.2, 0.25) is 0 Å². The van der Waals surface area contributed by atoms with Gasteiger partial charge in [-0.05, 0) is 35.9 Å². The third-order valence-corrected chi connectivity index (χ3v) is 3.86. The molecule has 0 aliphatic heterocycles. The van der Waals surface area contributed by atoms with Gasteiger partial charge >= 0.3 is 12.1 Å². The molecule has 7 heteroatoms. The molecule has 0 heterocycles. The summed E-state index contributed by atoms with van der Waals surface area (Å²) in [5, 5.41) is 17.9. The minimum absolute atomic E-state index is 0.0312. The maximum absolute atomic E-state index is 12.9. The predicted molar refractivity (Wildman–Crippen MR) is 75.0 cm³/mol. The number of halogens is 3. The molecule has 0 amide bonds. The molecule has 0 unspecified atom stereocenters.